The van der Waals surface area contributed by atoms with Crippen molar-refractivity contribution < 1.29 is 23.1 Å². The van der Waals surface area contributed by atoms with Crippen LogP contribution in [0.2, 0.25) is 0 Å². The lowest BCUT2D eigenvalue weighted by Crippen LogP contribution is -2.36. The van der Waals surface area contributed by atoms with Gasteiger partial charge in [0.1, 0.15) is 11.8 Å². The van der Waals surface area contributed by atoms with Gasteiger partial charge in [0.2, 0.25) is 5.91 Å². The lowest BCUT2D eigenvalue weighted by molar-refractivity contribution is -0.139. The maximum absolute atomic E-state index is 12.1. The van der Waals surface area contributed by atoms with E-state index in [1.54, 1.807) is 0 Å². The number of ether oxygens (including phenoxy) is 1. The Hall–Kier alpha value is -2.18. The zero-order chi connectivity index (χ0) is 15.0. The third kappa shape index (κ3) is 2.96. The topological polar surface area (TPSA) is 58.6 Å². The highest BCUT2D eigenvalue weighted by Gasteiger charge is 2.46. The largest absolute Gasteiger partial charge is 0.435 e. The molecule has 3 rings (SSSR count). The molecule has 7 heteroatoms. The summed E-state index contributed by atoms with van der Waals surface area (Å²) in [5.41, 5.74) is 0.584. The molecule has 0 spiro atoms. The maximum Gasteiger partial charge on any atom is 0.387 e. The van der Waals surface area contributed by atoms with Crippen molar-refractivity contribution in [2.75, 3.05) is 5.32 Å². The van der Waals surface area contributed by atoms with E-state index in [1.807, 2.05) is 0 Å². The van der Waals surface area contributed by atoms with Gasteiger partial charge < -0.3 is 10.1 Å². The SMILES string of the molecule is O=C1CC(Nc2ccc(OC(F)F)cc2)C(=O)N1C1CC1. The molecule has 1 unspecified atom stereocenters. The lowest BCUT2D eigenvalue weighted by atomic mass is 10.2. The van der Waals surface area contributed by atoms with E-state index in [0.29, 0.717) is 5.69 Å². The average molecular weight is 296 g/mol. The van der Waals surface area contributed by atoms with Gasteiger partial charge in [-0.3, -0.25) is 14.5 Å². The van der Waals surface area contributed by atoms with Crippen LogP contribution >= 0.6 is 0 Å². The van der Waals surface area contributed by atoms with Crippen LogP contribution in [0.3, 0.4) is 0 Å². The Labute approximate surface area is 119 Å². The van der Waals surface area contributed by atoms with Crippen molar-refractivity contribution in [1.82, 2.24) is 4.90 Å². The minimum atomic E-state index is -2.87. The molecular formula is C14H14F2N2O3. The molecule has 2 amide bonds. The Morgan fingerprint density at radius 1 is 1.19 bits per heavy atom. The summed E-state index contributed by atoms with van der Waals surface area (Å²) in [5.74, 6) is -0.322. The molecule has 2 fully saturated rings. The van der Waals surface area contributed by atoms with Crippen LogP contribution in [0, 0.1) is 0 Å². The van der Waals surface area contributed by atoms with Crippen LogP contribution in [-0.4, -0.2) is 35.4 Å². The number of alkyl halides is 2. The van der Waals surface area contributed by atoms with Crippen molar-refractivity contribution in [3.63, 3.8) is 0 Å². The molecule has 21 heavy (non-hydrogen) atoms. The molecule has 1 aliphatic carbocycles. The maximum atomic E-state index is 12.1. The predicted molar refractivity (Wildman–Crippen MR) is 70.0 cm³/mol. The summed E-state index contributed by atoms with van der Waals surface area (Å²) in [7, 11) is 0. The molecule has 5 nitrogen and oxygen atoms in total. The van der Waals surface area contributed by atoms with Crippen molar-refractivity contribution in [2.24, 2.45) is 0 Å². The molecule has 1 aromatic carbocycles. The van der Waals surface area contributed by atoms with E-state index in [2.05, 4.69) is 10.1 Å². The first-order valence-corrected chi connectivity index (χ1v) is 6.72. The van der Waals surface area contributed by atoms with E-state index < -0.39 is 12.7 Å². The smallest absolute Gasteiger partial charge is 0.387 e. The van der Waals surface area contributed by atoms with Gasteiger partial charge >= 0.3 is 6.61 Å². The lowest BCUT2D eigenvalue weighted by Gasteiger charge is -2.15. The first-order chi connectivity index (χ1) is 10.0. The van der Waals surface area contributed by atoms with Gasteiger partial charge in [0.25, 0.3) is 5.91 Å². The summed E-state index contributed by atoms with van der Waals surface area (Å²) >= 11 is 0. The van der Waals surface area contributed by atoms with Gasteiger partial charge in [-0.05, 0) is 37.1 Å². The van der Waals surface area contributed by atoms with E-state index >= 15 is 0 Å². The number of rotatable bonds is 5. The quantitative estimate of drug-likeness (QED) is 0.844. The van der Waals surface area contributed by atoms with Crippen LogP contribution < -0.4 is 10.1 Å². The van der Waals surface area contributed by atoms with Gasteiger partial charge in [-0.15, -0.1) is 0 Å². The molecule has 1 heterocycles. The molecule has 0 radical (unpaired) electrons. The number of amides is 2. The van der Waals surface area contributed by atoms with Crippen LogP contribution in [0.1, 0.15) is 19.3 Å². The second kappa shape index (κ2) is 5.31. The molecule has 1 atom stereocenters. The number of halogens is 2. The standard InChI is InChI=1S/C14H14F2N2O3/c15-14(16)21-10-5-1-8(2-6-10)17-11-7-12(19)18(13(11)20)9-3-4-9/h1-2,5-6,9,11,14,17H,3-4,7H2. The van der Waals surface area contributed by atoms with E-state index in [0.717, 1.165) is 12.8 Å². The van der Waals surface area contributed by atoms with Gasteiger partial charge in [0, 0.05) is 11.7 Å². The number of nitrogens with one attached hydrogen (secondary N) is 1. The van der Waals surface area contributed by atoms with E-state index in [4.69, 9.17) is 0 Å². The molecule has 1 saturated heterocycles. The molecule has 1 N–H and O–H groups in total. The van der Waals surface area contributed by atoms with Crippen LogP contribution in [0.4, 0.5) is 14.5 Å². The van der Waals surface area contributed by atoms with E-state index in [9.17, 15) is 18.4 Å². The number of imide groups is 1. The minimum Gasteiger partial charge on any atom is -0.435 e. The third-order valence-corrected chi connectivity index (χ3v) is 3.52. The highest BCUT2D eigenvalue weighted by molar-refractivity contribution is 6.07. The summed E-state index contributed by atoms with van der Waals surface area (Å²) in [6.07, 6.45) is 1.89. The Morgan fingerprint density at radius 2 is 1.86 bits per heavy atom. The fourth-order valence-corrected chi connectivity index (χ4v) is 2.41. The Bertz CT molecular complexity index is 558. The Balaban J connectivity index is 1.64. The van der Waals surface area contributed by atoms with Crippen molar-refractivity contribution in [1.29, 1.82) is 0 Å². The van der Waals surface area contributed by atoms with Crippen molar-refractivity contribution in [3.8, 4) is 5.75 Å². The molecule has 0 aromatic heterocycles. The molecule has 2 aliphatic rings. The van der Waals surface area contributed by atoms with Crippen LogP contribution in [0.15, 0.2) is 24.3 Å². The summed E-state index contributed by atoms with van der Waals surface area (Å²) in [6.45, 7) is -2.87. The van der Waals surface area contributed by atoms with Gasteiger partial charge in [-0.2, -0.15) is 8.78 Å². The van der Waals surface area contributed by atoms with Crippen LogP contribution in [0.25, 0.3) is 0 Å². The molecule has 1 aliphatic heterocycles. The summed E-state index contributed by atoms with van der Waals surface area (Å²) in [5, 5.41) is 2.96. The highest BCUT2D eigenvalue weighted by atomic mass is 19.3. The molecule has 0 bridgehead atoms. The van der Waals surface area contributed by atoms with Crippen molar-refractivity contribution in [2.45, 2.75) is 38.0 Å². The van der Waals surface area contributed by atoms with Gasteiger partial charge in [-0.25, -0.2) is 0 Å². The second-order valence-electron chi connectivity index (χ2n) is 5.14. The number of carbonyl (C=O) groups excluding carboxylic acids is 2. The number of hydrogen-bond donors (Lipinski definition) is 1. The van der Waals surface area contributed by atoms with Gasteiger partial charge in [-0.1, -0.05) is 0 Å². The summed E-state index contributed by atoms with van der Waals surface area (Å²) in [4.78, 5) is 25.3. The summed E-state index contributed by atoms with van der Waals surface area (Å²) in [6, 6.07) is 5.33. The molecule has 1 saturated carbocycles. The average Bonchev–Trinajstić information content (AvgIpc) is 3.20. The van der Waals surface area contributed by atoms with Crippen LogP contribution in [-0.2, 0) is 9.59 Å². The van der Waals surface area contributed by atoms with Crippen molar-refractivity contribution in [3.05, 3.63) is 24.3 Å². The van der Waals surface area contributed by atoms with Gasteiger partial charge in [0.15, 0.2) is 0 Å². The zero-order valence-corrected chi connectivity index (χ0v) is 11.1. The molecule has 1 aromatic rings. The summed E-state index contributed by atoms with van der Waals surface area (Å²) < 4.78 is 28.3. The number of likely N-dealkylation sites (tertiary alicyclic amines) is 1. The normalized spacial score (nSPS) is 22.0. The fraction of sp³-hybridized carbons (Fsp3) is 0.429. The Kier molecular flexibility index (Phi) is 3.48. The zero-order valence-electron chi connectivity index (χ0n) is 11.1. The number of nitrogens with zero attached hydrogens (tertiary/aromatic N) is 1. The predicted octanol–water partition coefficient (Wildman–Crippen LogP) is 1.99. The highest BCUT2D eigenvalue weighted by Crippen LogP contribution is 2.32. The van der Waals surface area contributed by atoms with Crippen molar-refractivity contribution >= 4 is 17.5 Å². The number of carbonyl (C=O) groups is 2. The number of hydrogen-bond acceptors (Lipinski definition) is 4. The fourth-order valence-electron chi connectivity index (χ4n) is 2.41. The van der Waals surface area contributed by atoms with Gasteiger partial charge in [0.05, 0.1) is 6.42 Å². The first kappa shape index (κ1) is 13.8. The monoisotopic (exact) mass is 296 g/mol. The van der Waals surface area contributed by atoms with Crippen LogP contribution in [0.5, 0.6) is 5.75 Å². The first-order valence-electron chi connectivity index (χ1n) is 6.72. The number of anilines is 1. The second-order valence-corrected chi connectivity index (χ2v) is 5.14. The number of benzene rings is 1. The molecular weight excluding hydrogens is 282 g/mol. The molecule has 112 valence electrons. The third-order valence-electron chi connectivity index (χ3n) is 3.52. The van der Waals surface area contributed by atoms with E-state index in [-0.39, 0.29) is 30.0 Å². The Morgan fingerprint density at radius 3 is 2.43 bits per heavy atom. The minimum absolute atomic E-state index is 0.0454. The van der Waals surface area contributed by atoms with E-state index in [1.165, 1.54) is 29.2 Å².